The van der Waals surface area contributed by atoms with Crippen LogP contribution in [0.2, 0.25) is 5.02 Å². The van der Waals surface area contributed by atoms with Crippen LogP contribution in [0.3, 0.4) is 0 Å². The van der Waals surface area contributed by atoms with Crippen LogP contribution in [0.15, 0.2) is 28.8 Å². The largest absolute Gasteiger partial charge is 0.338 e. The first-order chi connectivity index (χ1) is 12.5. The van der Waals surface area contributed by atoms with Gasteiger partial charge in [-0.3, -0.25) is 9.69 Å². The number of nitrogens with zero attached hydrogens (tertiary/aromatic N) is 3. The van der Waals surface area contributed by atoms with Crippen molar-refractivity contribution in [1.82, 2.24) is 15.0 Å². The summed E-state index contributed by atoms with van der Waals surface area (Å²) in [6, 6.07) is 7.68. The number of ketones is 1. The van der Waals surface area contributed by atoms with Crippen LogP contribution < -0.4 is 0 Å². The van der Waals surface area contributed by atoms with Crippen molar-refractivity contribution in [1.29, 1.82) is 0 Å². The lowest BCUT2D eigenvalue weighted by atomic mass is 9.89. The third-order valence-electron chi connectivity index (χ3n) is 4.75. The number of likely N-dealkylation sites (tertiary alicyclic amines) is 1. The van der Waals surface area contributed by atoms with Crippen molar-refractivity contribution in [3.8, 4) is 0 Å². The van der Waals surface area contributed by atoms with Gasteiger partial charge in [0.25, 0.3) is 0 Å². The Morgan fingerprint density at radius 3 is 2.96 bits per heavy atom. The second-order valence-corrected chi connectivity index (χ2v) is 7.92. The molecule has 1 aliphatic rings. The topological polar surface area (TPSA) is 59.2 Å². The molecule has 3 rings (SSSR count). The molecule has 0 unspecified atom stereocenters. The number of piperidine rings is 1. The number of carbonyl (C=O) groups is 1. The normalized spacial score (nSPS) is 18.4. The van der Waals surface area contributed by atoms with E-state index in [1.54, 1.807) is 0 Å². The molecule has 1 aromatic carbocycles. The minimum absolute atomic E-state index is 0.136. The fourth-order valence-corrected chi connectivity index (χ4v) is 3.66. The lowest BCUT2D eigenvalue weighted by molar-refractivity contribution is -0.125. The zero-order valence-electron chi connectivity index (χ0n) is 15.4. The third-order valence-corrected chi connectivity index (χ3v) is 5.11. The zero-order chi connectivity index (χ0) is 18.5. The first-order valence-electron chi connectivity index (χ1n) is 9.31. The van der Waals surface area contributed by atoms with E-state index in [1.807, 2.05) is 24.3 Å². The zero-order valence-corrected chi connectivity index (χ0v) is 16.2. The summed E-state index contributed by atoms with van der Waals surface area (Å²) < 4.78 is 5.41. The van der Waals surface area contributed by atoms with Crippen molar-refractivity contribution in [2.75, 3.05) is 13.1 Å². The van der Waals surface area contributed by atoms with Crippen LogP contribution in [0.25, 0.3) is 0 Å². The minimum atomic E-state index is 0.136. The van der Waals surface area contributed by atoms with E-state index in [9.17, 15) is 4.79 Å². The number of hydrogen-bond donors (Lipinski definition) is 0. The highest BCUT2D eigenvalue weighted by molar-refractivity contribution is 6.31. The summed E-state index contributed by atoms with van der Waals surface area (Å²) in [6.07, 6.45) is 3.25. The molecule has 1 aromatic heterocycles. The van der Waals surface area contributed by atoms with Gasteiger partial charge < -0.3 is 4.52 Å². The molecule has 0 amide bonds. The summed E-state index contributed by atoms with van der Waals surface area (Å²) in [4.78, 5) is 19.1. The van der Waals surface area contributed by atoms with Crippen LogP contribution in [0.4, 0.5) is 0 Å². The van der Waals surface area contributed by atoms with Gasteiger partial charge in [-0.1, -0.05) is 48.8 Å². The molecule has 140 valence electrons. The van der Waals surface area contributed by atoms with Crippen molar-refractivity contribution >= 4 is 17.4 Å². The van der Waals surface area contributed by atoms with E-state index in [1.165, 1.54) is 0 Å². The van der Waals surface area contributed by atoms with E-state index >= 15 is 0 Å². The Labute approximate surface area is 159 Å². The molecule has 1 aliphatic heterocycles. The number of aromatic nitrogens is 2. The molecule has 0 N–H and O–H groups in total. The molecular weight excluding hydrogens is 350 g/mol. The Morgan fingerprint density at radius 1 is 1.38 bits per heavy atom. The smallest absolute Gasteiger partial charge is 0.240 e. The highest BCUT2D eigenvalue weighted by atomic mass is 35.5. The third kappa shape index (κ3) is 5.15. The molecule has 0 radical (unpaired) electrons. The Kier molecular flexibility index (Phi) is 6.43. The summed E-state index contributed by atoms with van der Waals surface area (Å²) in [5, 5.41) is 4.78. The van der Waals surface area contributed by atoms with Gasteiger partial charge in [0.05, 0.1) is 6.54 Å². The van der Waals surface area contributed by atoms with Gasteiger partial charge in [-0.2, -0.15) is 4.98 Å². The number of carbonyl (C=O) groups excluding carboxylic acids is 1. The van der Waals surface area contributed by atoms with Crippen LogP contribution in [0.1, 0.15) is 50.4 Å². The van der Waals surface area contributed by atoms with Crippen LogP contribution in [0.5, 0.6) is 0 Å². The van der Waals surface area contributed by atoms with Gasteiger partial charge in [0.2, 0.25) is 5.89 Å². The van der Waals surface area contributed by atoms with Crippen molar-refractivity contribution in [2.45, 2.75) is 46.1 Å². The molecule has 0 bridgehead atoms. The second kappa shape index (κ2) is 8.78. The molecule has 0 aliphatic carbocycles. The van der Waals surface area contributed by atoms with E-state index in [2.05, 4.69) is 28.9 Å². The standard InChI is InChI=1S/C20H26ClN3O2/c1-14(2)10-18(25)16-7-5-9-24(12-16)13-20-22-19(23-26-20)11-15-6-3-4-8-17(15)21/h3-4,6,8,14,16H,5,7,9-13H2,1-2H3/t16-/m0/s1. The first-order valence-corrected chi connectivity index (χ1v) is 9.69. The fourth-order valence-electron chi connectivity index (χ4n) is 3.46. The van der Waals surface area contributed by atoms with Gasteiger partial charge in [-0.25, -0.2) is 0 Å². The second-order valence-electron chi connectivity index (χ2n) is 7.51. The van der Waals surface area contributed by atoms with Crippen LogP contribution in [-0.4, -0.2) is 33.9 Å². The first kappa shape index (κ1) is 19.1. The van der Waals surface area contributed by atoms with Crippen molar-refractivity contribution in [2.24, 2.45) is 11.8 Å². The van der Waals surface area contributed by atoms with Crippen molar-refractivity contribution in [3.63, 3.8) is 0 Å². The number of rotatable bonds is 7. The lowest BCUT2D eigenvalue weighted by Gasteiger charge is -2.31. The predicted molar refractivity (Wildman–Crippen MR) is 101 cm³/mol. The number of halogens is 1. The monoisotopic (exact) mass is 375 g/mol. The molecule has 5 nitrogen and oxygen atoms in total. The summed E-state index contributed by atoms with van der Waals surface area (Å²) in [6.45, 7) is 6.54. The van der Waals surface area contributed by atoms with E-state index in [0.29, 0.717) is 47.8 Å². The maximum absolute atomic E-state index is 12.4. The van der Waals surface area contributed by atoms with Gasteiger partial charge >= 0.3 is 0 Å². The Morgan fingerprint density at radius 2 is 2.19 bits per heavy atom. The van der Waals surface area contributed by atoms with Crippen LogP contribution in [-0.2, 0) is 17.8 Å². The molecular formula is C20H26ClN3O2. The molecule has 2 aromatic rings. The maximum Gasteiger partial charge on any atom is 0.240 e. The highest BCUT2D eigenvalue weighted by Crippen LogP contribution is 2.22. The van der Waals surface area contributed by atoms with E-state index < -0.39 is 0 Å². The minimum Gasteiger partial charge on any atom is -0.338 e. The van der Waals surface area contributed by atoms with Gasteiger partial charge in [0.1, 0.15) is 5.78 Å². The van der Waals surface area contributed by atoms with Crippen LogP contribution >= 0.6 is 11.6 Å². The molecule has 1 saturated heterocycles. The van der Waals surface area contributed by atoms with Gasteiger partial charge in [-0.15, -0.1) is 0 Å². The van der Waals surface area contributed by atoms with E-state index in [4.69, 9.17) is 16.1 Å². The van der Waals surface area contributed by atoms with Crippen molar-refractivity contribution < 1.29 is 9.32 Å². The number of benzene rings is 1. The van der Waals surface area contributed by atoms with Gasteiger partial charge in [-0.05, 0) is 36.9 Å². The SMILES string of the molecule is CC(C)CC(=O)[C@H]1CCCN(Cc2nc(Cc3ccccc3Cl)no2)C1. The molecule has 1 atom stereocenters. The van der Waals surface area contributed by atoms with Crippen molar-refractivity contribution in [3.05, 3.63) is 46.6 Å². The highest BCUT2D eigenvalue weighted by Gasteiger charge is 2.27. The summed E-state index contributed by atoms with van der Waals surface area (Å²) in [5.74, 6) is 2.18. The Balaban J connectivity index is 1.57. The van der Waals surface area contributed by atoms with Gasteiger partial charge in [0, 0.05) is 30.3 Å². The molecule has 26 heavy (non-hydrogen) atoms. The maximum atomic E-state index is 12.4. The van der Waals surface area contributed by atoms with E-state index in [0.717, 1.165) is 31.5 Å². The molecule has 2 heterocycles. The molecule has 1 fully saturated rings. The Bertz CT molecular complexity index is 744. The average Bonchev–Trinajstić information content (AvgIpc) is 3.03. The summed E-state index contributed by atoms with van der Waals surface area (Å²) in [5.41, 5.74) is 0.985. The van der Waals surface area contributed by atoms with E-state index in [-0.39, 0.29) is 5.92 Å². The average molecular weight is 376 g/mol. The van der Waals surface area contributed by atoms with Gasteiger partial charge in [0.15, 0.2) is 5.82 Å². The Hall–Kier alpha value is -1.72. The number of hydrogen-bond acceptors (Lipinski definition) is 5. The molecule has 0 saturated carbocycles. The summed E-state index contributed by atoms with van der Waals surface area (Å²) in [7, 11) is 0. The fraction of sp³-hybridized carbons (Fsp3) is 0.550. The molecule has 0 spiro atoms. The predicted octanol–water partition coefficient (Wildman–Crippen LogP) is 4.14. The number of Topliss-reactive ketones (excluding diaryl/α,β-unsaturated/α-hetero) is 1. The van der Waals surface area contributed by atoms with Crippen LogP contribution in [0, 0.1) is 11.8 Å². The molecule has 6 heteroatoms. The lowest BCUT2D eigenvalue weighted by Crippen LogP contribution is -2.38. The quantitative estimate of drug-likeness (QED) is 0.727. The summed E-state index contributed by atoms with van der Waals surface area (Å²) >= 11 is 6.19.